The Morgan fingerprint density at radius 1 is 1.53 bits per heavy atom. The van der Waals surface area contributed by atoms with Crippen LogP contribution < -0.4 is 5.32 Å². The third kappa shape index (κ3) is 4.16. The maximum absolute atomic E-state index is 10.3. The molecule has 78 valence electrons. The van der Waals surface area contributed by atoms with E-state index in [2.05, 4.69) is 27.9 Å². The van der Waals surface area contributed by atoms with Gasteiger partial charge in [-0.25, -0.2) is 4.79 Å². The van der Waals surface area contributed by atoms with Crippen molar-refractivity contribution in [1.82, 2.24) is 5.32 Å². The molecular formula is C10H9IN2O2. The van der Waals surface area contributed by atoms with Gasteiger partial charge in [-0.15, -0.1) is 0 Å². The predicted octanol–water partition coefficient (Wildman–Crippen LogP) is 1.99. The average Bonchev–Trinajstić information content (AvgIpc) is 2.19. The Balaban J connectivity index is 2.63. The lowest BCUT2D eigenvalue weighted by atomic mass is 10.1. The molecule has 1 aromatic rings. The summed E-state index contributed by atoms with van der Waals surface area (Å²) in [5.41, 5.74) is 0.940. The van der Waals surface area contributed by atoms with Crippen LogP contribution in [0, 0.1) is 14.9 Å². The molecule has 1 aromatic carbocycles. The maximum Gasteiger partial charge on any atom is 0.405 e. The van der Waals surface area contributed by atoms with Crippen LogP contribution in [-0.4, -0.2) is 17.2 Å². The number of hydrogen-bond donors (Lipinski definition) is 2. The Morgan fingerprint density at radius 2 is 2.13 bits per heavy atom. The second kappa shape index (κ2) is 5.56. The molecule has 0 saturated carbocycles. The number of carboxylic acid groups (broad SMARTS) is 1. The first-order chi connectivity index (χ1) is 7.11. The SMILES string of the molecule is N#C[C@H](Cc1ccc(I)cc1)NC(=O)O. The van der Waals surface area contributed by atoms with Crippen LogP contribution in [0.2, 0.25) is 0 Å². The molecule has 1 rings (SSSR count). The van der Waals surface area contributed by atoms with Crippen molar-refractivity contribution < 1.29 is 9.90 Å². The Bertz CT molecular complexity index is 383. The highest BCUT2D eigenvalue weighted by Crippen LogP contribution is 2.08. The molecule has 0 saturated heterocycles. The lowest BCUT2D eigenvalue weighted by Crippen LogP contribution is -2.33. The topological polar surface area (TPSA) is 73.1 Å². The quantitative estimate of drug-likeness (QED) is 0.838. The van der Waals surface area contributed by atoms with Gasteiger partial charge in [-0.3, -0.25) is 0 Å². The molecule has 0 radical (unpaired) electrons. The zero-order valence-electron chi connectivity index (χ0n) is 7.77. The van der Waals surface area contributed by atoms with Crippen LogP contribution in [-0.2, 0) is 6.42 Å². The first-order valence-corrected chi connectivity index (χ1v) is 5.33. The number of nitrogens with zero attached hydrogens (tertiary/aromatic N) is 1. The van der Waals surface area contributed by atoms with Gasteiger partial charge >= 0.3 is 6.09 Å². The molecule has 0 aliphatic heterocycles. The number of nitriles is 1. The van der Waals surface area contributed by atoms with E-state index in [9.17, 15) is 4.79 Å². The Kier molecular flexibility index (Phi) is 4.37. The molecule has 0 fully saturated rings. The van der Waals surface area contributed by atoms with E-state index in [-0.39, 0.29) is 0 Å². The Labute approximate surface area is 101 Å². The molecule has 2 N–H and O–H groups in total. The summed E-state index contributed by atoms with van der Waals surface area (Å²) >= 11 is 2.18. The molecule has 0 spiro atoms. The number of hydrogen-bond acceptors (Lipinski definition) is 2. The van der Waals surface area contributed by atoms with Crippen molar-refractivity contribution in [2.24, 2.45) is 0 Å². The van der Waals surface area contributed by atoms with Gasteiger partial charge in [-0.05, 0) is 40.3 Å². The van der Waals surface area contributed by atoms with E-state index in [1.54, 1.807) is 0 Å². The fraction of sp³-hybridized carbons (Fsp3) is 0.200. The van der Waals surface area contributed by atoms with E-state index in [0.29, 0.717) is 6.42 Å². The number of benzene rings is 1. The maximum atomic E-state index is 10.3. The van der Waals surface area contributed by atoms with Gasteiger partial charge in [0.15, 0.2) is 0 Å². The van der Waals surface area contributed by atoms with Gasteiger partial charge in [0, 0.05) is 9.99 Å². The molecule has 0 aliphatic carbocycles. The molecule has 1 atom stereocenters. The number of rotatable bonds is 3. The number of carbonyl (C=O) groups is 1. The lowest BCUT2D eigenvalue weighted by molar-refractivity contribution is 0.192. The molecular weight excluding hydrogens is 307 g/mol. The van der Waals surface area contributed by atoms with E-state index in [0.717, 1.165) is 9.13 Å². The summed E-state index contributed by atoms with van der Waals surface area (Å²) in [4.78, 5) is 10.3. The van der Waals surface area contributed by atoms with Crippen LogP contribution in [0.25, 0.3) is 0 Å². The van der Waals surface area contributed by atoms with Crippen molar-refractivity contribution in [1.29, 1.82) is 5.26 Å². The minimum Gasteiger partial charge on any atom is -0.465 e. The number of nitrogens with one attached hydrogen (secondary N) is 1. The zero-order chi connectivity index (χ0) is 11.3. The average molecular weight is 316 g/mol. The fourth-order valence-electron chi connectivity index (χ4n) is 1.13. The molecule has 0 bridgehead atoms. The highest BCUT2D eigenvalue weighted by Gasteiger charge is 2.10. The largest absolute Gasteiger partial charge is 0.465 e. The molecule has 0 aromatic heterocycles. The van der Waals surface area contributed by atoms with E-state index in [1.165, 1.54) is 0 Å². The first-order valence-electron chi connectivity index (χ1n) is 4.25. The van der Waals surface area contributed by atoms with E-state index < -0.39 is 12.1 Å². The van der Waals surface area contributed by atoms with Gasteiger partial charge in [0.2, 0.25) is 0 Å². The van der Waals surface area contributed by atoms with Gasteiger partial charge in [0.1, 0.15) is 6.04 Å². The summed E-state index contributed by atoms with van der Waals surface area (Å²) in [6.07, 6.45) is -0.785. The minimum atomic E-state index is -1.17. The second-order valence-corrected chi connectivity index (χ2v) is 4.21. The molecule has 4 nitrogen and oxygen atoms in total. The normalized spacial score (nSPS) is 11.5. The standard InChI is InChI=1S/C10H9IN2O2/c11-8-3-1-7(2-4-8)5-9(6-12)13-10(14)15/h1-4,9,13H,5H2,(H,14,15)/t9-/m0/s1. The summed E-state index contributed by atoms with van der Waals surface area (Å²) < 4.78 is 1.11. The van der Waals surface area contributed by atoms with Crippen molar-refractivity contribution in [2.75, 3.05) is 0 Å². The van der Waals surface area contributed by atoms with Crippen LogP contribution >= 0.6 is 22.6 Å². The van der Waals surface area contributed by atoms with E-state index >= 15 is 0 Å². The zero-order valence-corrected chi connectivity index (χ0v) is 9.93. The fourth-order valence-corrected chi connectivity index (χ4v) is 1.49. The van der Waals surface area contributed by atoms with Crippen molar-refractivity contribution in [2.45, 2.75) is 12.5 Å². The van der Waals surface area contributed by atoms with Gasteiger partial charge in [-0.1, -0.05) is 12.1 Å². The molecule has 0 unspecified atom stereocenters. The van der Waals surface area contributed by atoms with Crippen LogP contribution in [0.4, 0.5) is 4.79 Å². The first kappa shape index (κ1) is 11.8. The van der Waals surface area contributed by atoms with Gasteiger partial charge in [0.25, 0.3) is 0 Å². The smallest absolute Gasteiger partial charge is 0.405 e. The van der Waals surface area contributed by atoms with Gasteiger partial charge in [-0.2, -0.15) is 5.26 Å². The van der Waals surface area contributed by atoms with Crippen molar-refractivity contribution >= 4 is 28.7 Å². The van der Waals surface area contributed by atoms with E-state index in [4.69, 9.17) is 10.4 Å². The number of halogens is 1. The van der Waals surface area contributed by atoms with Crippen LogP contribution in [0.3, 0.4) is 0 Å². The van der Waals surface area contributed by atoms with Gasteiger partial charge < -0.3 is 10.4 Å². The molecule has 0 aliphatic rings. The Hall–Kier alpha value is -1.29. The highest BCUT2D eigenvalue weighted by atomic mass is 127. The highest BCUT2D eigenvalue weighted by molar-refractivity contribution is 14.1. The molecule has 5 heteroatoms. The molecule has 15 heavy (non-hydrogen) atoms. The van der Waals surface area contributed by atoms with Crippen molar-refractivity contribution in [3.8, 4) is 6.07 Å². The summed E-state index contributed by atoms with van der Waals surface area (Å²) in [6.45, 7) is 0. The number of amides is 1. The summed E-state index contributed by atoms with van der Waals surface area (Å²) in [6, 6.07) is 8.82. The lowest BCUT2D eigenvalue weighted by Gasteiger charge is -2.08. The third-order valence-electron chi connectivity index (χ3n) is 1.81. The monoisotopic (exact) mass is 316 g/mol. The summed E-state index contributed by atoms with van der Waals surface area (Å²) in [5, 5.41) is 19.3. The Morgan fingerprint density at radius 3 is 2.60 bits per heavy atom. The van der Waals surface area contributed by atoms with Crippen LogP contribution in [0.5, 0.6) is 0 Å². The predicted molar refractivity (Wildman–Crippen MR) is 63.4 cm³/mol. The second-order valence-electron chi connectivity index (χ2n) is 2.96. The van der Waals surface area contributed by atoms with Crippen molar-refractivity contribution in [3.05, 3.63) is 33.4 Å². The van der Waals surface area contributed by atoms with Gasteiger partial charge in [0.05, 0.1) is 6.07 Å². The van der Waals surface area contributed by atoms with Crippen LogP contribution in [0.15, 0.2) is 24.3 Å². The van der Waals surface area contributed by atoms with Crippen LogP contribution in [0.1, 0.15) is 5.56 Å². The third-order valence-corrected chi connectivity index (χ3v) is 2.53. The molecule has 0 heterocycles. The van der Waals surface area contributed by atoms with E-state index in [1.807, 2.05) is 30.3 Å². The summed E-state index contributed by atoms with van der Waals surface area (Å²) in [7, 11) is 0. The minimum absolute atomic E-state index is 0.389. The summed E-state index contributed by atoms with van der Waals surface area (Å²) in [5.74, 6) is 0. The van der Waals surface area contributed by atoms with Crippen molar-refractivity contribution in [3.63, 3.8) is 0 Å². The molecule has 1 amide bonds.